The van der Waals surface area contributed by atoms with Gasteiger partial charge in [0.25, 0.3) is 10.0 Å². The number of piperazine rings is 1. The monoisotopic (exact) mass is 400 g/mol. The minimum absolute atomic E-state index is 0.112. The van der Waals surface area contributed by atoms with Crippen molar-refractivity contribution in [2.24, 2.45) is 0 Å². The van der Waals surface area contributed by atoms with E-state index in [1.54, 1.807) is 6.20 Å². The van der Waals surface area contributed by atoms with Gasteiger partial charge in [-0.25, -0.2) is 18.4 Å². The van der Waals surface area contributed by atoms with Crippen LogP contribution in [-0.4, -0.2) is 64.1 Å². The number of imidazole rings is 1. The molecule has 146 valence electrons. The van der Waals surface area contributed by atoms with Crippen LogP contribution in [0, 0.1) is 6.92 Å². The van der Waals surface area contributed by atoms with Crippen molar-refractivity contribution in [3.8, 4) is 0 Å². The number of aryl methyl sites for hydroxylation is 1. The van der Waals surface area contributed by atoms with Crippen molar-refractivity contribution >= 4 is 27.5 Å². The van der Waals surface area contributed by atoms with Crippen LogP contribution in [0.1, 0.15) is 5.56 Å². The molecule has 0 radical (unpaired) electrons. The first-order chi connectivity index (χ1) is 13.5. The molecule has 28 heavy (non-hydrogen) atoms. The quantitative estimate of drug-likeness (QED) is 0.655. The van der Waals surface area contributed by atoms with Crippen molar-refractivity contribution in [2.75, 3.05) is 36.4 Å². The van der Waals surface area contributed by atoms with Crippen molar-refractivity contribution in [1.82, 2.24) is 29.5 Å². The van der Waals surface area contributed by atoms with E-state index >= 15 is 0 Å². The van der Waals surface area contributed by atoms with Gasteiger partial charge >= 0.3 is 0 Å². The Morgan fingerprint density at radius 1 is 1.07 bits per heavy atom. The van der Waals surface area contributed by atoms with Crippen molar-refractivity contribution in [3.63, 3.8) is 0 Å². The maximum absolute atomic E-state index is 12.5. The minimum atomic E-state index is -3.53. The fourth-order valence-corrected chi connectivity index (χ4v) is 4.30. The molecule has 0 aliphatic carbocycles. The van der Waals surface area contributed by atoms with Gasteiger partial charge in [0.15, 0.2) is 16.7 Å². The lowest BCUT2D eigenvalue weighted by molar-refractivity contribution is 0.382. The highest BCUT2D eigenvalue weighted by Crippen LogP contribution is 2.19. The molecule has 0 aromatic carbocycles. The molecule has 4 heterocycles. The predicted molar refractivity (Wildman–Crippen MR) is 104 cm³/mol. The van der Waals surface area contributed by atoms with Gasteiger partial charge in [-0.1, -0.05) is 0 Å². The van der Waals surface area contributed by atoms with Crippen LogP contribution in [0.2, 0.25) is 0 Å². The number of aromatic nitrogens is 5. The van der Waals surface area contributed by atoms with Gasteiger partial charge in [-0.2, -0.15) is 4.31 Å². The van der Waals surface area contributed by atoms with Gasteiger partial charge in [-0.05, 0) is 36.8 Å². The molecule has 0 amide bonds. The molecule has 11 heteroatoms. The van der Waals surface area contributed by atoms with Gasteiger partial charge in [0.2, 0.25) is 0 Å². The topological polar surface area (TPSA) is 120 Å². The zero-order chi connectivity index (χ0) is 19.6. The number of rotatable bonds is 5. The molecule has 10 nitrogen and oxygen atoms in total. The molecular formula is C17H20N8O2S. The largest absolute Gasteiger partial charge is 0.352 e. The second kappa shape index (κ2) is 7.52. The van der Waals surface area contributed by atoms with E-state index in [9.17, 15) is 8.42 Å². The average molecular weight is 400 g/mol. The molecule has 3 aromatic rings. The molecular weight excluding hydrogens is 380 g/mol. The number of H-pyrrole nitrogens is 1. The number of nitrogens with zero attached hydrogens (tertiary/aromatic N) is 6. The summed E-state index contributed by atoms with van der Waals surface area (Å²) in [5, 5.41) is 11.7. The smallest absolute Gasteiger partial charge is 0.260 e. The Morgan fingerprint density at radius 3 is 2.54 bits per heavy atom. The lowest BCUT2D eigenvalue weighted by Gasteiger charge is -2.34. The first kappa shape index (κ1) is 18.3. The summed E-state index contributed by atoms with van der Waals surface area (Å²) in [6, 6.07) is 7.55. The molecule has 0 atom stereocenters. The van der Waals surface area contributed by atoms with Crippen LogP contribution in [0.25, 0.3) is 0 Å². The summed E-state index contributed by atoms with van der Waals surface area (Å²) in [4.78, 5) is 12.7. The van der Waals surface area contributed by atoms with Gasteiger partial charge in [0.05, 0.1) is 12.5 Å². The Kier molecular flexibility index (Phi) is 4.92. The zero-order valence-corrected chi connectivity index (χ0v) is 16.1. The minimum Gasteiger partial charge on any atom is -0.352 e. The van der Waals surface area contributed by atoms with Gasteiger partial charge < -0.3 is 15.2 Å². The van der Waals surface area contributed by atoms with E-state index in [-0.39, 0.29) is 5.03 Å². The second-order valence-corrected chi connectivity index (χ2v) is 8.33. The van der Waals surface area contributed by atoms with Crippen LogP contribution < -0.4 is 10.2 Å². The normalized spacial score (nSPS) is 15.5. The molecule has 1 saturated heterocycles. The number of nitrogens with one attached hydrogen (secondary N) is 2. The average Bonchev–Trinajstić information content (AvgIpc) is 3.25. The molecule has 1 aliphatic heterocycles. The van der Waals surface area contributed by atoms with E-state index in [0.717, 1.165) is 5.56 Å². The number of aromatic amines is 1. The summed E-state index contributed by atoms with van der Waals surface area (Å²) in [6.45, 7) is 3.81. The Labute approximate surface area is 162 Å². The summed E-state index contributed by atoms with van der Waals surface area (Å²) < 4.78 is 26.5. The lowest BCUT2D eigenvalue weighted by Crippen LogP contribution is -2.49. The highest BCUT2D eigenvalue weighted by atomic mass is 32.2. The third-order valence-corrected chi connectivity index (χ3v) is 6.30. The Balaban J connectivity index is 1.38. The third-order valence-electron chi connectivity index (χ3n) is 4.48. The number of hydrogen-bond donors (Lipinski definition) is 2. The first-order valence-corrected chi connectivity index (χ1v) is 10.2. The zero-order valence-electron chi connectivity index (χ0n) is 15.3. The second-order valence-electron chi connectivity index (χ2n) is 6.43. The molecule has 0 saturated carbocycles. The van der Waals surface area contributed by atoms with Gasteiger partial charge in [0, 0.05) is 32.4 Å². The lowest BCUT2D eigenvalue weighted by atomic mass is 10.3. The molecule has 3 aromatic heterocycles. The highest BCUT2D eigenvalue weighted by molar-refractivity contribution is 7.89. The van der Waals surface area contributed by atoms with Gasteiger partial charge in [-0.3, -0.25) is 0 Å². The predicted octanol–water partition coefficient (Wildman–Crippen LogP) is 1.16. The van der Waals surface area contributed by atoms with Crippen LogP contribution in [0.15, 0.2) is 48.0 Å². The summed E-state index contributed by atoms with van der Waals surface area (Å²) in [5.74, 6) is 2.02. The first-order valence-electron chi connectivity index (χ1n) is 8.79. The van der Waals surface area contributed by atoms with Crippen LogP contribution in [0.5, 0.6) is 0 Å². The van der Waals surface area contributed by atoms with Gasteiger partial charge in [0.1, 0.15) is 5.82 Å². The number of pyridine rings is 1. The number of anilines is 3. The van der Waals surface area contributed by atoms with E-state index in [0.29, 0.717) is 43.6 Å². The summed E-state index contributed by atoms with van der Waals surface area (Å²) in [5.41, 5.74) is 1.10. The number of hydrogen-bond acceptors (Lipinski definition) is 8. The van der Waals surface area contributed by atoms with Crippen molar-refractivity contribution in [2.45, 2.75) is 11.9 Å². The highest BCUT2D eigenvalue weighted by Gasteiger charge is 2.29. The SMILES string of the molecule is Cc1ccnc(Nc2ccc(N3CCN(S(=O)(=O)c4cnc[nH]4)CC3)nn2)c1. The van der Waals surface area contributed by atoms with E-state index in [4.69, 9.17) is 0 Å². The van der Waals surface area contributed by atoms with E-state index < -0.39 is 10.0 Å². The molecule has 1 fully saturated rings. The van der Waals surface area contributed by atoms with E-state index in [2.05, 4.69) is 30.5 Å². The molecule has 4 rings (SSSR count). The van der Waals surface area contributed by atoms with Crippen LogP contribution >= 0.6 is 0 Å². The van der Waals surface area contributed by atoms with Crippen molar-refractivity contribution in [1.29, 1.82) is 0 Å². The maximum Gasteiger partial charge on any atom is 0.260 e. The molecule has 2 N–H and O–H groups in total. The maximum atomic E-state index is 12.5. The summed E-state index contributed by atoms with van der Waals surface area (Å²) >= 11 is 0. The van der Waals surface area contributed by atoms with Crippen LogP contribution in [-0.2, 0) is 10.0 Å². The van der Waals surface area contributed by atoms with Crippen LogP contribution in [0.3, 0.4) is 0 Å². The van der Waals surface area contributed by atoms with Gasteiger partial charge in [-0.15, -0.1) is 10.2 Å². The van der Waals surface area contributed by atoms with E-state index in [1.807, 2.05) is 36.1 Å². The van der Waals surface area contributed by atoms with Crippen molar-refractivity contribution < 1.29 is 8.42 Å². The number of sulfonamides is 1. The summed E-state index contributed by atoms with van der Waals surface area (Å²) in [6.07, 6.45) is 4.42. The molecule has 0 unspecified atom stereocenters. The molecule has 0 bridgehead atoms. The molecule has 0 spiro atoms. The third kappa shape index (κ3) is 3.80. The summed E-state index contributed by atoms with van der Waals surface area (Å²) in [7, 11) is -3.53. The Bertz CT molecular complexity index is 1030. The van der Waals surface area contributed by atoms with E-state index in [1.165, 1.54) is 16.8 Å². The molecule has 1 aliphatic rings. The van der Waals surface area contributed by atoms with Crippen molar-refractivity contribution in [3.05, 3.63) is 48.5 Å². The standard InChI is InChI=1S/C17H20N8O2S/c1-13-4-5-19-15(10-13)21-14-2-3-16(23-22-14)24-6-8-25(9-7-24)28(26,27)17-11-18-12-20-17/h2-5,10-12H,6-9H2,1H3,(H,18,20)(H,19,21,22). The van der Waals surface area contributed by atoms with Crippen LogP contribution in [0.4, 0.5) is 17.5 Å². The Hall–Kier alpha value is -3.05. The fourth-order valence-electron chi connectivity index (χ4n) is 2.98. The fraction of sp³-hybridized carbons (Fsp3) is 0.294. The Morgan fingerprint density at radius 2 is 1.89 bits per heavy atom.